The molecule has 24 heavy (non-hydrogen) atoms. The SMILES string of the molecule is [C-]#[N+]c1ccccc1CC1CCC(=O)N(c2c(Cl)cccc2Cl)C1. The topological polar surface area (TPSA) is 24.7 Å². The summed E-state index contributed by atoms with van der Waals surface area (Å²) in [5.41, 5.74) is 2.29. The zero-order chi connectivity index (χ0) is 17.1. The molecule has 2 aromatic carbocycles. The van der Waals surface area contributed by atoms with Crippen molar-refractivity contribution < 1.29 is 4.79 Å². The van der Waals surface area contributed by atoms with E-state index in [1.54, 1.807) is 23.1 Å². The van der Waals surface area contributed by atoms with E-state index in [2.05, 4.69) is 4.85 Å². The zero-order valence-corrected chi connectivity index (χ0v) is 14.5. The molecule has 1 amide bonds. The molecule has 1 aliphatic heterocycles. The Morgan fingerprint density at radius 2 is 1.83 bits per heavy atom. The normalized spacial score (nSPS) is 17.6. The van der Waals surface area contributed by atoms with Crippen molar-refractivity contribution in [2.24, 2.45) is 5.92 Å². The fourth-order valence-corrected chi connectivity index (χ4v) is 3.75. The van der Waals surface area contributed by atoms with E-state index in [0.717, 1.165) is 18.4 Å². The van der Waals surface area contributed by atoms with Crippen LogP contribution in [0.25, 0.3) is 4.85 Å². The van der Waals surface area contributed by atoms with Crippen LogP contribution in [0.5, 0.6) is 0 Å². The Morgan fingerprint density at radius 3 is 2.54 bits per heavy atom. The molecule has 3 rings (SSSR count). The van der Waals surface area contributed by atoms with Gasteiger partial charge in [-0.2, -0.15) is 0 Å². The molecular formula is C19H16Cl2N2O. The predicted octanol–water partition coefficient (Wildman–Crippen LogP) is 5.53. The maximum Gasteiger partial charge on any atom is 0.227 e. The van der Waals surface area contributed by atoms with Gasteiger partial charge in [-0.05, 0) is 36.5 Å². The average molecular weight is 359 g/mol. The number of anilines is 1. The summed E-state index contributed by atoms with van der Waals surface area (Å²) in [4.78, 5) is 17.7. The van der Waals surface area contributed by atoms with Crippen LogP contribution >= 0.6 is 23.2 Å². The third-order valence-electron chi connectivity index (χ3n) is 4.34. The van der Waals surface area contributed by atoms with Gasteiger partial charge in [0.1, 0.15) is 0 Å². The molecule has 0 N–H and O–H groups in total. The van der Waals surface area contributed by atoms with Crippen molar-refractivity contribution in [1.82, 2.24) is 0 Å². The Bertz CT molecular complexity index is 793. The van der Waals surface area contributed by atoms with Gasteiger partial charge in [0.05, 0.1) is 22.3 Å². The standard InChI is InChI=1S/C19H16Cl2N2O/c1-22-17-8-3-2-5-14(17)11-13-9-10-18(24)23(12-13)19-15(20)6-4-7-16(19)21/h2-8,13H,9-12H2. The van der Waals surface area contributed by atoms with Crippen LogP contribution < -0.4 is 4.90 Å². The Labute approximate surface area is 151 Å². The molecule has 1 aliphatic rings. The van der Waals surface area contributed by atoms with Crippen molar-refractivity contribution in [2.45, 2.75) is 19.3 Å². The molecule has 122 valence electrons. The maximum atomic E-state index is 12.4. The highest BCUT2D eigenvalue weighted by Crippen LogP contribution is 2.37. The van der Waals surface area contributed by atoms with Crippen LogP contribution in [-0.4, -0.2) is 12.5 Å². The molecule has 0 aromatic heterocycles. The monoisotopic (exact) mass is 358 g/mol. The van der Waals surface area contributed by atoms with Crippen LogP contribution in [0.4, 0.5) is 11.4 Å². The molecular weight excluding hydrogens is 343 g/mol. The first-order chi connectivity index (χ1) is 11.6. The molecule has 2 aromatic rings. The van der Waals surface area contributed by atoms with E-state index >= 15 is 0 Å². The van der Waals surface area contributed by atoms with Crippen LogP contribution in [0.15, 0.2) is 42.5 Å². The second-order valence-electron chi connectivity index (χ2n) is 5.92. The summed E-state index contributed by atoms with van der Waals surface area (Å²) in [6.45, 7) is 7.85. The van der Waals surface area contributed by atoms with E-state index in [0.29, 0.717) is 34.4 Å². The molecule has 1 fully saturated rings. The Balaban J connectivity index is 1.84. The van der Waals surface area contributed by atoms with Crippen molar-refractivity contribution in [3.05, 3.63) is 69.5 Å². The van der Waals surface area contributed by atoms with Gasteiger partial charge in [-0.15, -0.1) is 0 Å². The number of benzene rings is 2. The number of para-hydroxylation sites is 2. The molecule has 1 unspecified atom stereocenters. The van der Waals surface area contributed by atoms with E-state index in [1.165, 1.54) is 0 Å². The quantitative estimate of drug-likeness (QED) is 0.662. The number of amides is 1. The van der Waals surface area contributed by atoms with Crippen LogP contribution in [-0.2, 0) is 11.2 Å². The van der Waals surface area contributed by atoms with Crippen molar-refractivity contribution in [3.63, 3.8) is 0 Å². The summed E-state index contributed by atoms with van der Waals surface area (Å²) in [6.07, 6.45) is 2.04. The van der Waals surface area contributed by atoms with Crippen molar-refractivity contribution in [2.75, 3.05) is 11.4 Å². The number of halogens is 2. The Morgan fingerprint density at radius 1 is 1.12 bits per heavy atom. The summed E-state index contributed by atoms with van der Waals surface area (Å²) >= 11 is 12.5. The fraction of sp³-hybridized carbons (Fsp3) is 0.263. The summed E-state index contributed by atoms with van der Waals surface area (Å²) in [5.74, 6) is 0.317. The maximum absolute atomic E-state index is 12.4. The first kappa shape index (κ1) is 16.8. The molecule has 0 bridgehead atoms. The van der Waals surface area contributed by atoms with Gasteiger partial charge in [0.2, 0.25) is 5.91 Å². The lowest BCUT2D eigenvalue weighted by molar-refractivity contribution is -0.120. The number of carbonyl (C=O) groups is 1. The van der Waals surface area contributed by atoms with Gasteiger partial charge in [-0.3, -0.25) is 4.79 Å². The van der Waals surface area contributed by atoms with E-state index in [9.17, 15) is 4.79 Å². The first-order valence-corrected chi connectivity index (χ1v) is 8.55. The third kappa shape index (κ3) is 3.40. The molecule has 3 nitrogen and oxygen atoms in total. The smallest absolute Gasteiger partial charge is 0.227 e. The number of carbonyl (C=O) groups excluding carboxylic acids is 1. The summed E-state index contributed by atoms with van der Waals surface area (Å²) in [7, 11) is 0. The summed E-state index contributed by atoms with van der Waals surface area (Å²) < 4.78 is 0. The van der Waals surface area contributed by atoms with Crippen LogP contribution in [0.2, 0.25) is 10.0 Å². The van der Waals surface area contributed by atoms with Gasteiger partial charge in [-0.1, -0.05) is 53.5 Å². The van der Waals surface area contributed by atoms with Crippen molar-refractivity contribution in [1.29, 1.82) is 0 Å². The number of nitrogens with zero attached hydrogens (tertiary/aromatic N) is 2. The van der Waals surface area contributed by atoms with Crippen LogP contribution in [0.1, 0.15) is 18.4 Å². The highest BCUT2D eigenvalue weighted by atomic mass is 35.5. The number of rotatable bonds is 3. The molecule has 1 saturated heterocycles. The largest absolute Gasteiger partial charge is 0.309 e. The number of hydrogen-bond acceptors (Lipinski definition) is 1. The predicted molar refractivity (Wildman–Crippen MR) is 97.9 cm³/mol. The minimum Gasteiger partial charge on any atom is -0.309 e. The average Bonchev–Trinajstić information content (AvgIpc) is 2.58. The molecule has 1 atom stereocenters. The Hall–Kier alpha value is -2.02. The van der Waals surface area contributed by atoms with E-state index in [1.807, 2.05) is 24.3 Å². The molecule has 0 saturated carbocycles. The molecule has 0 radical (unpaired) electrons. The minimum atomic E-state index is 0.0414. The van der Waals surface area contributed by atoms with E-state index in [-0.39, 0.29) is 11.8 Å². The third-order valence-corrected chi connectivity index (χ3v) is 4.95. The number of hydrogen-bond donors (Lipinski definition) is 0. The lowest BCUT2D eigenvalue weighted by Crippen LogP contribution is -2.41. The van der Waals surface area contributed by atoms with Gasteiger partial charge < -0.3 is 4.90 Å². The van der Waals surface area contributed by atoms with Crippen LogP contribution in [0.3, 0.4) is 0 Å². The van der Waals surface area contributed by atoms with Gasteiger partial charge in [-0.25, -0.2) is 4.85 Å². The van der Waals surface area contributed by atoms with Crippen molar-refractivity contribution >= 4 is 40.5 Å². The second kappa shape index (κ2) is 7.25. The summed E-state index contributed by atoms with van der Waals surface area (Å²) in [5, 5.41) is 0.969. The van der Waals surface area contributed by atoms with E-state index in [4.69, 9.17) is 29.8 Å². The van der Waals surface area contributed by atoms with Gasteiger partial charge in [0.25, 0.3) is 0 Å². The molecule has 0 aliphatic carbocycles. The highest BCUT2D eigenvalue weighted by molar-refractivity contribution is 6.39. The minimum absolute atomic E-state index is 0.0414. The summed E-state index contributed by atoms with van der Waals surface area (Å²) in [6, 6.07) is 12.9. The second-order valence-corrected chi connectivity index (χ2v) is 6.74. The van der Waals surface area contributed by atoms with Gasteiger partial charge in [0.15, 0.2) is 5.69 Å². The van der Waals surface area contributed by atoms with Crippen molar-refractivity contribution in [3.8, 4) is 0 Å². The molecule has 5 heteroatoms. The Kier molecular flexibility index (Phi) is 5.08. The fourth-order valence-electron chi connectivity index (χ4n) is 3.15. The zero-order valence-electron chi connectivity index (χ0n) is 13.0. The highest BCUT2D eigenvalue weighted by Gasteiger charge is 2.29. The first-order valence-electron chi connectivity index (χ1n) is 7.80. The lowest BCUT2D eigenvalue weighted by atomic mass is 9.90. The molecule has 0 spiro atoms. The number of piperidine rings is 1. The van der Waals surface area contributed by atoms with E-state index < -0.39 is 0 Å². The van der Waals surface area contributed by atoms with Crippen LogP contribution in [0, 0.1) is 12.5 Å². The van der Waals surface area contributed by atoms with Gasteiger partial charge >= 0.3 is 0 Å². The van der Waals surface area contributed by atoms with Gasteiger partial charge in [0, 0.05) is 13.0 Å². The molecule has 1 heterocycles. The lowest BCUT2D eigenvalue weighted by Gasteiger charge is -2.34.